The topological polar surface area (TPSA) is 26.8 Å². The summed E-state index contributed by atoms with van der Waals surface area (Å²) in [6.45, 7) is 6.51. The molecule has 6 heteroatoms. The summed E-state index contributed by atoms with van der Waals surface area (Å²) in [5, 5.41) is 2.14. The first-order valence-electron chi connectivity index (χ1n) is 9.75. The van der Waals surface area contributed by atoms with E-state index >= 15 is 0 Å². The molecule has 27 heavy (non-hydrogen) atoms. The normalized spacial score (nSPS) is 20.6. The lowest BCUT2D eigenvalue weighted by molar-refractivity contribution is -0.135. The van der Waals surface area contributed by atoms with Gasteiger partial charge in [0.15, 0.2) is 0 Å². The van der Waals surface area contributed by atoms with Crippen molar-refractivity contribution in [2.24, 2.45) is 0 Å². The fraction of sp³-hybridized carbons (Fsp3) is 0.476. The van der Waals surface area contributed by atoms with Crippen LogP contribution < -0.4 is 4.90 Å². The molecule has 0 spiro atoms. The largest absolute Gasteiger partial charge is 0.367 e. The summed E-state index contributed by atoms with van der Waals surface area (Å²) in [4.78, 5) is 20.8. The van der Waals surface area contributed by atoms with Crippen LogP contribution in [0.3, 0.4) is 0 Å². The zero-order chi connectivity index (χ0) is 18.8. The molecule has 4 nitrogen and oxygen atoms in total. The van der Waals surface area contributed by atoms with Gasteiger partial charge in [0.25, 0.3) is 0 Å². The number of nitrogens with zero attached hydrogens (tertiary/aromatic N) is 3. The van der Waals surface area contributed by atoms with Gasteiger partial charge in [0.1, 0.15) is 5.82 Å². The van der Waals surface area contributed by atoms with Crippen molar-refractivity contribution in [2.75, 3.05) is 44.2 Å². The van der Waals surface area contributed by atoms with Crippen LogP contribution in [0.15, 0.2) is 35.7 Å². The third-order valence-corrected chi connectivity index (χ3v) is 6.72. The van der Waals surface area contributed by atoms with Gasteiger partial charge in [0, 0.05) is 37.6 Å². The van der Waals surface area contributed by atoms with Crippen LogP contribution in [0.2, 0.25) is 0 Å². The highest BCUT2D eigenvalue weighted by Crippen LogP contribution is 2.35. The number of para-hydroxylation sites is 1. The molecule has 1 fully saturated rings. The number of thiophene rings is 1. The molecular formula is C21H26FN3OS. The molecule has 0 saturated carbocycles. The van der Waals surface area contributed by atoms with Crippen LogP contribution >= 0.6 is 11.3 Å². The summed E-state index contributed by atoms with van der Waals surface area (Å²) in [6, 6.07) is 9.32. The van der Waals surface area contributed by atoms with E-state index in [1.165, 1.54) is 16.5 Å². The average Bonchev–Trinajstić information content (AvgIpc) is 3.17. The van der Waals surface area contributed by atoms with E-state index in [1.807, 2.05) is 23.5 Å². The molecular weight excluding hydrogens is 361 g/mol. The molecule has 1 atom stereocenters. The number of fused-ring (bicyclic) bond motifs is 1. The lowest BCUT2D eigenvalue weighted by Crippen LogP contribution is -2.51. The molecule has 1 saturated heterocycles. The number of hydrogen-bond acceptors (Lipinski definition) is 4. The Labute approximate surface area is 164 Å². The van der Waals surface area contributed by atoms with Gasteiger partial charge < -0.3 is 9.80 Å². The zero-order valence-corrected chi connectivity index (χ0v) is 16.6. The summed E-state index contributed by atoms with van der Waals surface area (Å²) in [6.07, 6.45) is 1.92. The molecule has 0 radical (unpaired) electrons. The minimum absolute atomic E-state index is 0.173. The second-order valence-electron chi connectivity index (χ2n) is 7.27. The molecule has 2 aliphatic rings. The van der Waals surface area contributed by atoms with E-state index in [9.17, 15) is 9.18 Å². The monoisotopic (exact) mass is 387 g/mol. The van der Waals surface area contributed by atoms with Crippen molar-refractivity contribution < 1.29 is 9.18 Å². The van der Waals surface area contributed by atoms with Gasteiger partial charge in [-0.2, -0.15) is 0 Å². The number of hydrogen-bond donors (Lipinski definition) is 0. The summed E-state index contributed by atoms with van der Waals surface area (Å²) in [5.74, 6) is 0.0470. The summed E-state index contributed by atoms with van der Waals surface area (Å²) < 4.78 is 14.0. The third-order valence-electron chi connectivity index (χ3n) is 5.73. The Morgan fingerprint density at radius 1 is 1.15 bits per heavy atom. The molecule has 2 aromatic rings. The Morgan fingerprint density at radius 2 is 1.93 bits per heavy atom. The van der Waals surface area contributed by atoms with Crippen LogP contribution in [-0.4, -0.2) is 55.0 Å². The van der Waals surface area contributed by atoms with Crippen molar-refractivity contribution in [2.45, 2.75) is 25.8 Å². The van der Waals surface area contributed by atoms with E-state index in [0.717, 1.165) is 45.6 Å². The molecule has 1 aromatic carbocycles. The summed E-state index contributed by atoms with van der Waals surface area (Å²) >= 11 is 1.81. The molecule has 0 N–H and O–H groups in total. The maximum absolute atomic E-state index is 14.0. The summed E-state index contributed by atoms with van der Waals surface area (Å²) in [7, 11) is 0. The van der Waals surface area contributed by atoms with E-state index < -0.39 is 0 Å². The molecule has 0 aliphatic carbocycles. The maximum atomic E-state index is 14.0. The fourth-order valence-corrected chi connectivity index (χ4v) is 5.20. The van der Waals surface area contributed by atoms with Crippen molar-refractivity contribution in [3.05, 3.63) is 52.0 Å². The average molecular weight is 388 g/mol. The number of rotatable bonds is 4. The SMILES string of the molecule is CCC1c2ccsc2CCN1C(=O)CN1CCN(c2ccccc2F)CC1. The highest BCUT2D eigenvalue weighted by atomic mass is 32.1. The smallest absolute Gasteiger partial charge is 0.237 e. The van der Waals surface area contributed by atoms with Crippen LogP contribution in [-0.2, 0) is 11.2 Å². The van der Waals surface area contributed by atoms with Gasteiger partial charge in [0.05, 0.1) is 18.3 Å². The first-order chi connectivity index (χ1) is 13.2. The molecule has 3 heterocycles. The highest BCUT2D eigenvalue weighted by Gasteiger charge is 2.31. The van der Waals surface area contributed by atoms with Gasteiger partial charge in [-0.25, -0.2) is 4.39 Å². The van der Waals surface area contributed by atoms with Crippen LogP contribution in [0.4, 0.5) is 10.1 Å². The van der Waals surface area contributed by atoms with Crippen molar-refractivity contribution in [3.63, 3.8) is 0 Å². The van der Waals surface area contributed by atoms with Crippen LogP contribution in [0.25, 0.3) is 0 Å². The number of benzene rings is 1. The highest BCUT2D eigenvalue weighted by molar-refractivity contribution is 7.10. The zero-order valence-electron chi connectivity index (χ0n) is 15.7. The first-order valence-corrected chi connectivity index (χ1v) is 10.6. The van der Waals surface area contributed by atoms with E-state index in [0.29, 0.717) is 12.2 Å². The van der Waals surface area contributed by atoms with Crippen LogP contribution in [0.5, 0.6) is 0 Å². The molecule has 1 aromatic heterocycles. The van der Waals surface area contributed by atoms with Crippen molar-refractivity contribution >= 4 is 22.9 Å². The minimum Gasteiger partial charge on any atom is -0.367 e. The number of carbonyl (C=O) groups excluding carboxylic acids is 1. The van der Waals surface area contributed by atoms with Crippen LogP contribution in [0.1, 0.15) is 29.8 Å². The van der Waals surface area contributed by atoms with Gasteiger partial charge in [-0.1, -0.05) is 19.1 Å². The Morgan fingerprint density at radius 3 is 2.67 bits per heavy atom. The van der Waals surface area contributed by atoms with E-state index in [2.05, 4.69) is 33.1 Å². The lowest BCUT2D eigenvalue weighted by Gasteiger charge is -2.39. The van der Waals surface area contributed by atoms with E-state index in [4.69, 9.17) is 0 Å². The second-order valence-corrected chi connectivity index (χ2v) is 8.28. The Bertz CT molecular complexity index is 800. The fourth-order valence-electron chi connectivity index (χ4n) is 4.27. The van der Waals surface area contributed by atoms with E-state index in [1.54, 1.807) is 6.07 Å². The Kier molecular flexibility index (Phi) is 5.45. The third kappa shape index (κ3) is 3.73. The molecule has 144 valence electrons. The number of carbonyl (C=O) groups is 1. The Hall–Kier alpha value is -1.92. The number of halogens is 1. The van der Waals surface area contributed by atoms with Gasteiger partial charge in [-0.15, -0.1) is 11.3 Å². The minimum atomic E-state index is -0.173. The van der Waals surface area contributed by atoms with Gasteiger partial charge >= 0.3 is 0 Å². The number of anilines is 1. The Balaban J connectivity index is 1.35. The molecule has 1 amide bonds. The molecule has 4 rings (SSSR count). The number of piperazine rings is 1. The van der Waals surface area contributed by atoms with Crippen molar-refractivity contribution in [3.8, 4) is 0 Å². The number of amides is 1. The maximum Gasteiger partial charge on any atom is 0.237 e. The van der Waals surface area contributed by atoms with Crippen molar-refractivity contribution in [1.82, 2.24) is 9.80 Å². The molecule has 0 bridgehead atoms. The van der Waals surface area contributed by atoms with Crippen molar-refractivity contribution in [1.29, 1.82) is 0 Å². The standard InChI is InChI=1S/C21H26FN3OS/c1-2-18-16-8-14-27-20(16)7-9-25(18)21(26)15-23-10-12-24(13-11-23)19-6-4-3-5-17(19)22/h3-6,8,14,18H,2,7,9-13,15H2,1H3. The second kappa shape index (κ2) is 7.98. The van der Waals surface area contributed by atoms with Gasteiger partial charge in [-0.3, -0.25) is 9.69 Å². The predicted molar refractivity (Wildman–Crippen MR) is 108 cm³/mol. The first kappa shape index (κ1) is 18.4. The van der Waals surface area contributed by atoms with Gasteiger partial charge in [-0.05, 0) is 42.0 Å². The predicted octanol–water partition coefficient (Wildman–Crippen LogP) is 3.55. The van der Waals surface area contributed by atoms with Gasteiger partial charge in [0.2, 0.25) is 5.91 Å². The quantitative estimate of drug-likeness (QED) is 0.803. The van der Waals surface area contributed by atoms with E-state index in [-0.39, 0.29) is 17.8 Å². The van der Waals surface area contributed by atoms with Crippen LogP contribution in [0, 0.1) is 5.82 Å². The molecule has 2 aliphatic heterocycles. The molecule has 1 unspecified atom stereocenters. The lowest BCUT2D eigenvalue weighted by atomic mass is 9.97. The summed E-state index contributed by atoms with van der Waals surface area (Å²) in [5.41, 5.74) is 2.00.